The SMILES string of the molecule is [Pd].c1ccc([PH](c2ccccc2)(c2ccccc2)c2ccccc2)cc1.c1ccc([PH](c2ccccc2)(c2ccccc2)c2ccccc2)cc1.c1ccc([PH](c2ccccc2)(c2ccccc2)c2ccccc2)cc1.c1ccc([PH](c2ccccc2)(c2ccccc2)c2ccccc2)cc1. The number of hydrogen-bond acceptors (Lipinski definition) is 0. The molecule has 0 nitrogen and oxygen atoms in total. The van der Waals surface area contributed by atoms with Crippen LogP contribution in [0.1, 0.15) is 0 Å². The normalized spacial score (nSPS) is 11.7. The first kappa shape index (κ1) is 70.8. The van der Waals surface area contributed by atoms with Crippen LogP contribution in [0, 0.1) is 0 Å². The molecule has 0 aliphatic carbocycles. The van der Waals surface area contributed by atoms with Crippen molar-refractivity contribution >= 4 is 114 Å². The summed E-state index contributed by atoms with van der Waals surface area (Å²) in [5.74, 6) is 0. The van der Waals surface area contributed by atoms with Crippen molar-refractivity contribution in [3.05, 3.63) is 485 Å². The molecule has 16 aromatic rings. The summed E-state index contributed by atoms with van der Waals surface area (Å²) in [4.78, 5) is 0. The van der Waals surface area contributed by atoms with Gasteiger partial charge in [0.25, 0.3) is 0 Å². The van der Waals surface area contributed by atoms with Crippen molar-refractivity contribution in [1.29, 1.82) is 0 Å². The maximum absolute atomic E-state index is 2.30. The van der Waals surface area contributed by atoms with Crippen molar-refractivity contribution in [3.8, 4) is 0 Å². The molecule has 101 heavy (non-hydrogen) atoms. The van der Waals surface area contributed by atoms with Crippen LogP contribution in [0.4, 0.5) is 0 Å². The van der Waals surface area contributed by atoms with E-state index in [1.165, 1.54) is 84.9 Å². The molecule has 0 saturated carbocycles. The zero-order valence-electron chi connectivity index (χ0n) is 56.5. The molecule has 0 atom stereocenters. The summed E-state index contributed by atoms with van der Waals surface area (Å²) in [7, 11) is -9.20. The van der Waals surface area contributed by atoms with E-state index in [0.29, 0.717) is 0 Å². The van der Waals surface area contributed by atoms with Crippen molar-refractivity contribution < 1.29 is 20.4 Å². The van der Waals surface area contributed by atoms with E-state index in [1.54, 1.807) is 0 Å². The summed E-state index contributed by atoms with van der Waals surface area (Å²) in [5, 5.41) is 22.6. The average Bonchev–Trinajstić information content (AvgIpc) is 0.765. The van der Waals surface area contributed by atoms with Crippen LogP contribution in [-0.2, 0) is 20.4 Å². The van der Waals surface area contributed by atoms with Crippen LogP contribution in [0.25, 0.3) is 0 Å². The van der Waals surface area contributed by atoms with Gasteiger partial charge in [-0.1, -0.05) is 0 Å². The van der Waals surface area contributed by atoms with Gasteiger partial charge in [0.15, 0.2) is 0 Å². The molecule has 16 rings (SSSR count). The summed E-state index contributed by atoms with van der Waals surface area (Å²) in [6.45, 7) is 0. The fraction of sp³-hybridized carbons (Fsp3) is 0. The molecule has 0 aromatic heterocycles. The van der Waals surface area contributed by atoms with Gasteiger partial charge in [0.2, 0.25) is 0 Å². The quantitative estimate of drug-likeness (QED) is 0.0668. The molecule has 0 spiro atoms. The summed E-state index contributed by atoms with van der Waals surface area (Å²) >= 11 is 0. The summed E-state index contributed by atoms with van der Waals surface area (Å²) in [6, 6.07) is 176. The van der Waals surface area contributed by atoms with Crippen molar-refractivity contribution in [2.45, 2.75) is 0 Å². The summed E-state index contributed by atoms with van der Waals surface area (Å²) in [6.07, 6.45) is 0. The minimum atomic E-state index is -2.30. The van der Waals surface area contributed by atoms with Crippen LogP contribution in [0.2, 0.25) is 0 Å². The van der Waals surface area contributed by atoms with Crippen molar-refractivity contribution in [2.75, 3.05) is 0 Å². The second-order valence-electron chi connectivity index (χ2n) is 24.9. The third kappa shape index (κ3) is 15.2. The van der Waals surface area contributed by atoms with Gasteiger partial charge in [0.05, 0.1) is 0 Å². The Bertz CT molecular complexity index is 3670. The average molecular weight is 1470 g/mol. The van der Waals surface area contributed by atoms with E-state index in [0.717, 1.165) is 0 Å². The molecule has 498 valence electrons. The van der Waals surface area contributed by atoms with Crippen LogP contribution in [0.3, 0.4) is 0 Å². The Kier molecular flexibility index (Phi) is 24.7. The van der Waals surface area contributed by atoms with Gasteiger partial charge in [-0.05, 0) is 0 Å². The third-order valence-corrected chi connectivity index (χ3v) is 38.5. The summed E-state index contributed by atoms with van der Waals surface area (Å²) in [5.41, 5.74) is 0. The van der Waals surface area contributed by atoms with Gasteiger partial charge in [-0.3, -0.25) is 0 Å². The van der Waals surface area contributed by atoms with E-state index in [1.807, 2.05) is 0 Å². The first-order chi connectivity index (χ1) is 49.7. The van der Waals surface area contributed by atoms with Crippen LogP contribution in [-0.4, -0.2) is 0 Å². The minimum absolute atomic E-state index is 0. The van der Waals surface area contributed by atoms with Crippen LogP contribution < -0.4 is 84.9 Å². The molecule has 0 radical (unpaired) electrons. The number of rotatable bonds is 16. The molecule has 0 bridgehead atoms. The van der Waals surface area contributed by atoms with Gasteiger partial charge in [-0.2, -0.15) is 0 Å². The fourth-order valence-corrected chi connectivity index (χ4v) is 34.1. The van der Waals surface area contributed by atoms with E-state index in [9.17, 15) is 0 Å². The maximum atomic E-state index is 2.29. The Morgan fingerprint density at radius 1 is 0.0792 bits per heavy atom. The Morgan fingerprint density at radius 2 is 0.129 bits per heavy atom. The van der Waals surface area contributed by atoms with Crippen molar-refractivity contribution in [1.82, 2.24) is 0 Å². The number of benzene rings is 16. The summed E-state index contributed by atoms with van der Waals surface area (Å²) < 4.78 is 0. The van der Waals surface area contributed by atoms with Gasteiger partial charge < -0.3 is 0 Å². The van der Waals surface area contributed by atoms with Crippen LogP contribution in [0.15, 0.2) is 485 Å². The first-order valence-electron chi connectivity index (χ1n) is 34.6. The zero-order valence-corrected chi connectivity index (χ0v) is 62.1. The molecule has 0 N–H and O–H groups in total. The molecule has 0 aliphatic heterocycles. The molecule has 16 aromatic carbocycles. The predicted molar refractivity (Wildman–Crippen MR) is 450 cm³/mol. The molecule has 0 fully saturated rings. The molecule has 0 amide bonds. The van der Waals surface area contributed by atoms with Crippen LogP contribution in [0.5, 0.6) is 0 Å². The Balaban J connectivity index is 0.000000127. The van der Waals surface area contributed by atoms with Gasteiger partial charge in [0, 0.05) is 20.4 Å². The van der Waals surface area contributed by atoms with Gasteiger partial charge >= 0.3 is 599 Å². The van der Waals surface area contributed by atoms with E-state index in [-0.39, 0.29) is 20.4 Å². The Morgan fingerprint density at radius 3 is 0.178 bits per heavy atom. The van der Waals surface area contributed by atoms with Crippen LogP contribution >= 0.6 is 29.0 Å². The second kappa shape index (κ2) is 35.3. The molecule has 0 heterocycles. The Hall–Kier alpha value is -10.1. The molecule has 0 aliphatic rings. The Labute approximate surface area is 614 Å². The second-order valence-corrected chi connectivity index (χ2v) is 40.1. The van der Waals surface area contributed by atoms with E-state index in [4.69, 9.17) is 0 Å². The molecular formula is C96H84P4Pd. The van der Waals surface area contributed by atoms with Crippen molar-refractivity contribution in [3.63, 3.8) is 0 Å². The van der Waals surface area contributed by atoms with Gasteiger partial charge in [0.1, 0.15) is 0 Å². The van der Waals surface area contributed by atoms with E-state index < -0.39 is 29.0 Å². The fourth-order valence-electron chi connectivity index (χ4n) is 15.0. The third-order valence-electron chi connectivity index (χ3n) is 19.3. The zero-order chi connectivity index (χ0) is 67.8. The van der Waals surface area contributed by atoms with Gasteiger partial charge in [-0.15, -0.1) is 0 Å². The predicted octanol–water partition coefficient (Wildman–Crippen LogP) is 16.2. The number of hydrogen-bond donors (Lipinski definition) is 0. The molecule has 5 heteroatoms. The van der Waals surface area contributed by atoms with Gasteiger partial charge in [-0.25, -0.2) is 0 Å². The molecular weight excluding hydrogens is 1380 g/mol. The standard InChI is InChI=1S/4C24H21P.Pd/c4*1-5-13-21(14-6-1)25(22-15-7-2-8-16-22,23-17-9-3-10-18-23)24-19-11-4-12-20-24;/h4*1-20,25H;. The first-order valence-corrected chi connectivity index (χ1v) is 42.6. The van der Waals surface area contributed by atoms with E-state index in [2.05, 4.69) is 485 Å². The van der Waals surface area contributed by atoms with Crippen molar-refractivity contribution in [2.24, 2.45) is 0 Å². The van der Waals surface area contributed by atoms with E-state index >= 15 is 0 Å². The molecule has 0 saturated heterocycles. The topological polar surface area (TPSA) is 0 Å². The molecule has 0 unspecified atom stereocenters. The monoisotopic (exact) mass is 1470 g/mol.